The second-order valence-electron chi connectivity index (χ2n) is 10.00. The van der Waals surface area contributed by atoms with Crippen LogP contribution in [0.15, 0.2) is 89.4 Å². The van der Waals surface area contributed by atoms with E-state index in [1.54, 1.807) is 0 Å². The first-order valence-corrected chi connectivity index (χ1v) is 16.3. The fraction of sp³-hybridized carbons (Fsp3) is 0.226. The number of rotatable bonds is 9. The van der Waals surface area contributed by atoms with Crippen LogP contribution in [0.5, 0.6) is 0 Å². The van der Waals surface area contributed by atoms with E-state index in [1.807, 2.05) is 64.5 Å². The summed E-state index contributed by atoms with van der Waals surface area (Å²) < 4.78 is 1.92. The van der Waals surface area contributed by atoms with Crippen LogP contribution in [0.25, 0.3) is 17.1 Å². The number of halogens is 2. The summed E-state index contributed by atoms with van der Waals surface area (Å²) in [4.78, 5) is 20.1. The lowest BCUT2D eigenvalue weighted by Gasteiger charge is -2.32. The summed E-state index contributed by atoms with van der Waals surface area (Å²) in [6.45, 7) is 2.86. The molecular formula is C31H28Cl2N6OS2. The van der Waals surface area contributed by atoms with Crippen LogP contribution < -0.4 is 5.32 Å². The molecule has 0 aliphatic carbocycles. The van der Waals surface area contributed by atoms with Gasteiger partial charge in [-0.15, -0.1) is 21.5 Å². The molecule has 0 saturated carbocycles. The predicted octanol–water partition coefficient (Wildman–Crippen LogP) is 7.38. The average molecular weight is 636 g/mol. The van der Waals surface area contributed by atoms with Crippen molar-refractivity contribution in [3.05, 3.63) is 111 Å². The maximum absolute atomic E-state index is 13.0. The van der Waals surface area contributed by atoms with Crippen molar-refractivity contribution in [2.75, 3.05) is 13.1 Å². The van der Waals surface area contributed by atoms with Crippen molar-refractivity contribution in [2.24, 2.45) is 0 Å². The van der Waals surface area contributed by atoms with Crippen molar-refractivity contribution < 1.29 is 4.79 Å². The van der Waals surface area contributed by atoms with Crippen molar-refractivity contribution in [1.82, 2.24) is 30.0 Å². The van der Waals surface area contributed by atoms with Crippen LogP contribution in [0.4, 0.5) is 0 Å². The Morgan fingerprint density at radius 2 is 1.64 bits per heavy atom. The number of benzene rings is 3. The van der Waals surface area contributed by atoms with Crippen LogP contribution >= 0.6 is 46.3 Å². The largest absolute Gasteiger partial charge is 0.348 e. The smallest absolute Gasteiger partial charge is 0.270 e. The molecule has 1 aliphatic heterocycles. The van der Waals surface area contributed by atoms with Gasteiger partial charge in [-0.3, -0.25) is 14.3 Å². The number of amides is 1. The van der Waals surface area contributed by atoms with Gasteiger partial charge in [0.05, 0.1) is 21.5 Å². The summed E-state index contributed by atoms with van der Waals surface area (Å²) in [6.07, 6.45) is 1.85. The Balaban J connectivity index is 1.10. The van der Waals surface area contributed by atoms with Crippen LogP contribution in [0.3, 0.4) is 0 Å². The zero-order chi connectivity index (χ0) is 28.9. The fourth-order valence-corrected chi connectivity index (χ4v) is 7.15. The van der Waals surface area contributed by atoms with Crippen molar-refractivity contribution in [2.45, 2.75) is 36.3 Å². The van der Waals surface area contributed by atoms with Crippen molar-refractivity contribution in [3.63, 3.8) is 0 Å². The minimum Gasteiger partial charge on any atom is -0.348 e. The number of carbonyl (C=O) groups is 1. The number of aromatic nitrogens is 4. The summed E-state index contributed by atoms with van der Waals surface area (Å²) >= 11 is 16.1. The lowest BCUT2D eigenvalue weighted by atomic mass is 10.0. The third kappa shape index (κ3) is 6.71. The number of piperidine rings is 1. The molecular weight excluding hydrogens is 607 g/mol. The Kier molecular flexibility index (Phi) is 9.21. The molecule has 1 aliphatic rings. The van der Waals surface area contributed by atoms with Gasteiger partial charge in [0.15, 0.2) is 11.0 Å². The Hall–Kier alpha value is -3.21. The van der Waals surface area contributed by atoms with Gasteiger partial charge in [-0.1, -0.05) is 89.6 Å². The molecule has 0 atom stereocenters. The summed E-state index contributed by atoms with van der Waals surface area (Å²) in [5, 5.41) is 16.6. The van der Waals surface area contributed by atoms with Gasteiger partial charge in [0.2, 0.25) is 0 Å². The van der Waals surface area contributed by atoms with Crippen LogP contribution in [0.1, 0.15) is 33.9 Å². The molecule has 0 bridgehead atoms. The van der Waals surface area contributed by atoms with Gasteiger partial charge in [-0.05, 0) is 42.7 Å². The molecule has 0 spiro atoms. The monoisotopic (exact) mass is 634 g/mol. The van der Waals surface area contributed by atoms with E-state index in [4.69, 9.17) is 23.2 Å². The van der Waals surface area contributed by atoms with E-state index in [9.17, 15) is 4.79 Å². The van der Waals surface area contributed by atoms with Gasteiger partial charge in [-0.25, -0.2) is 4.98 Å². The minimum atomic E-state index is -0.121. The van der Waals surface area contributed by atoms with E-state index in [2.05, 4.69) is 49.7 Å². The van der Waals surface area contributed by atoms with Crippen LogP contribution in [-0.2, 0) is 12.3 Å². The molecule has 1 fully saturated rings. The zero-order valence-electron chi connectivity index (χ0n) is 22.6. The average Bonchev–Trinajstić information content (AvgIpc) is 3.66. The van der Waals surface area contributed by atoms with E-state index >= 15 is 0 Å². The first-order chi connectivity index (χ1) is 20.5. The maximum atomic E-state index is 13.0. The predicted molar refractivity (Wildman–Crippen MR) is 171 cm³/mol. The molecule has 7 nitrogen and oxygen atoms in total. The molecule has 5 aromatic rings. The Bertz CT molecular complexity index is 1670. The molecule has 1 saturated heterocycles. The number of likely N-dealkylation sites (tertiary alicyclic amines) is 1. The molecule has 11 heteroatoms. The number of nitrogens with one attached hydrogen (secondary N) is 1. The van der Waals surface area contributed by atoms with Gasteiger partial charge < -0.3 is 5.32 Å². The highest BCUT2D eigenvalue weighted by Gasteiger charge is 2.23. The number of hydrogen-bond acceptors (Lipinski definition) is 7. The molecule has 3 heterocycles. The first-order valence-electron chi connectivity index (χ1n) is 13.6. The Morgan fingerprint density at radius 1 is 0.929 bits per heavy atom. The van der Waals surface area contributed by atoms with Crippen LogP contribution in [-0.4, -0.2) is 49.7 Å². The highest BCUT2D eigenvalue weighted by molar-refractivity contribution is 7.98. The fourth-order valence-electron chi connectivity index (χ4n) is 4.97. The quantitative estimate of drug-likeness (QED) is 0.170. The molecule has 42 heavy (non-hydrogen) atoms. The number of thiazole rings is 1. The standard InChI is InChI=1S/C31H28Cl2N6OS2/c32-24-11-5-4-10-23(24)29-36-37-31(39(29)27-13-7-6-12-25(27)33)42-20-28-35-26(19-41-28)30(40)34-22-14-16-38(17-15-22)18-21-8-2-1-3-9-21/h1-13,19,22H,14-18,20H2,(H,34,40). The van der Waals surface area contributed by atoms with E-state index in [0.717, 1.165) is 48.7 Å². The molecule has 6 rings (SSSR count). The third-order valence-corrected chi connectivity index (χ3v) is 9.74. The molecule has 2 aromatic heterocycles. The molecule has 0 unspecified atom stereocenters. The van der Waals surface area contributed by atoms with Crippen molar-refractivity contribution >= 4 is 52.2 Å². The lowest BCUT2D eigenvalue weighted by Crippen LogP contribution is -2.44. The van der Waals surface area contributed by atoms with Gasteiger partial charge in [0.25, 0.3) is 5.91 Å². The summed E-state index contributed by atoms with van der Waals surface area (Å²) in [7, 11) is 0. The van der Waals surface area contributed by atoms with Crippen molar-refractivity contribution in [1.29, 1.82) is 0 Å². The highest BCUT2D eigenvalue weighted by Crippen LogP contribution is 2.35. The molecule has 3 aromatic carbocycles. The van der Waals surface area contributed by atoms with E-state index < -0.39 is 0 Å². The number of nitrogens with zero attached hydrogens (tertiary/aromatic N) is 5. The topological polar surface area (TPSA) is 75.9 Å². The number of thioether (sulfide) groups is 1. The molecule has 1 amide bonds. The van der Waals surface area contributed by atoms with Gasteiger partial charge in [-0.2, -0.15) is 0 Å². The lowest BCUT2D eigenvalue weighted by molar-refractivity contribution is 0.0904. The van der Waals surface area contributed by atoms with Gasteiger partial charge >= 0.3 is 0 Å². The highest BCUT2D eigenvalue weighted by atomic mass is 35.5. The second kappa shape index (κ2) is 13.4. The van der Waals surface area contributed by atoms with E-state index in [1.165, 1.54) is 28.7 Å². The van der Waals surface area contributed by atoms with Gasteiger partial charge in [0, 0.05) is 36.6 Å². The molecule has 214 valence electrons. The number of carbonyl (C=O) groups excluding carboxylic acids is 1. The third-order valence-electron chi connectivity index (χ3n) is 7.12. The SMILES string of the molecule is O=C(NC1CCN(Cc2ccccc2)CC1)c1csc(CSc2nnc(-c3ccccc3Cl)n2-c2ccccc2Cl)n1. The van der Waals surface area contributed by atoms with E-state index in [0.29, 0.717) is 32.5 Å². The Morgan fingerprint density at radius 3 is 2.40 bits per heavy atom. The number of para-hydroxylation sites is 1. The second-order valence-corrected chi connectivity index (χ2v) is 12.7. The summed E-state index contributed by atoms with van der Waals surface area (Å²) in [5.74, 6) is 1.01. The first kappa shape index (κ1) is 28.9. The summed E-state index contributed by atoms with van der Waals surface area (Å²) in [6, 6.07) is 25.7. The Labute approximate surface area is 262 Å². The maximum Gasteiger partial charge on any atom is 0.270 e. The molecule has 0 radical (unpaired) electrons. The van der Waals surface area contributed by atoms with Crippen LogP contribution in [0, 0.1) is 0 Å². The zero-order valence-corrected chi connectivity index (χ0v) is 25.8. The van der Waals surface area contributed by atoms with Gasteiger partial charge in [0.1, 0.15) is 10.7 Å². The summed E-state index contributed by atoms with van der Waals surface area (Å²) in [5.41, 5.74) is 3.29. The van der Waals surface area contributed by atoms with E-state index in [-0.39, 0.29) is 11.9 Å². The van der Waals surface area contributed by atoms with Crippen molar-refractivity contribution in [3.8, 4) is 17.1 Å². The minimum absolute atomic E-state index is 0.121. The molecule has 1 N–H and O–H groups in total. The number of hydrogen-bond donors (Lipinski definition) is 1. The normalized spacial score (nSPS) is 14.2. The van der Waals surface area contributed by atoms with Crippen LogP contribution in [0.2, 0.25) is 10.0 Å².